The van der Waals surface area contributed by atoms with Crippen molar-refractivity contribution in [2.45, 2.75) is 20.8 Å². The smallest absolute Gasteiger partial charge is 0.216 e. The topological polar surface area (TPSA) is 17.0 Å². The molecule has 0 fully saturated rings. The van der Waals surface area contributed by atoms with Gasteiger partial charge in [-0.1, -0.05) is 30.3 Å². The molecule has 3 heterocycles. The molecule has 0 amide bonds. The van der Waals surface area contributed by atoms with Crippen molar-refractivity contribution in [2.24, 2.45) is 7.05 Å². The van der Waals surface area contributed by atoms with Gasteiger partial charge in [0.25, 0.3) is 0 Å². The molecule has 0 radical (unpaired) electrons. The van der Waals surface area contributed by atoms with Gasteiger partial charge in [-0.3, -0.25) is 0 Å². The van der Waals surface area contributed by atoms with Gasteiger partial charge < -0.3 is 4.42 Å². The van der Waals surface area contributed by atoms with Gasteiger partial charge in [-0.15, -0.1) is 11.3 Å². The predicted molar refractivity (Wildman–Crippen MR) is 127 cm³/mol. The standard InChI is InChI=1S/C27H22NOS/c1-15-9-10-19-25-21(11-12-23-26(25)18-7-5-6-8-22(18)30-23)29-27(19)24(15)20-13-16(2)17(3)14-28(20)4/h5-14H,1-4H3/q+1. The summed E-state index contributed by atoms with van der Waals surface area (Å²) >= 11 is 1.85. The summed E-state index contributed by atoms with van der Waals surface area (Å²) in [6.45, 7) is 6.51. The molecule has 3 heteroatoms. The average molecular weight is 409 g/mol. The second-order valence-electron chi connectivity index (χ2n) is 8.28. The van der Waals surface area contributed by atoms with Crippen molar-refractivity contribution in [2.75, 3.05) is 0 Å². The number of furan rings is 1. The molecule has 0 aliphatic rings. The van der Waals surface area contributed by atoms with Gasteiger partial charge in [0, 0.05) is 42.6 Å². The van der Waals surface area contributed by atoms with E-state index in [-0.39, 0.29) is 0 Å². The number of rotatable bonds is 1. The summed E-state index contributed by atoms with van der Waals surface area (Å²) < 4.78 is 11.4. The van der Waals surface area contributed by atoms with Crippen LogP contribution in [0.1, 0.15) is 16.7 Å². The third-order valence-electron chi connectivity index (χ3n) is 6.35. The first-order valence-corrected chi connectivity index (χ1v) is 11.1. The first-order valence-electron chi connectivity index (χ1n) is 10.3. The summed E-state index contributed by atoms with van der Waals surface area (Å²) in [7, 11) is 2.12. The van der Waals surface area contributed by atoms with Crippen LogP contribution in [0.3, 0.4) is 0 Å². The van der Waals surface area contributed by atoms with E-state index in [1.165, 1.54) is 58.9 Å². The highest BCUT2D eigenvalue weighted by molar-refractivity contribution is 7.26. The number of fused-ring (bicyclic) bond motifs is 7. The fourth-order valence-corrected chi connectivity index (χ4v) is 5.81. The van der Waals surface area contributed by atoms with Crippen LogP contribution in [0.4, 0.5) is 0 Å². The van der Waals surface area contributed by atoms with Gasteiger partial charge in [0.2, 0.25) is 5.69 Å². The fourth-order valence-electron chi connectivity index (χ4n) is 4.69. The monoisotopic (exact) mass is 408 g/mol. The highest BCUT2D eigenvalue weighted by Crippen LogP contribution is 2.44. The van der Waals surface area contributed by atoms with E-state index in [0.29, 0.717) is 0 Å². The van der Waals surface area contributed by atoms with Crippen LogP contribution in [0.2, 0.25) is 0 Å². The van der Waals surface area contributed by atoms with Gasteiger partial charge in [-0.25, -0.2) is 4.57 Å². The lowest BCUT2D eigenvalue weighted by atomic mass is 9.98. The number of aromatic nitrogens is 1. The molecule has 6 aromatic rings. The molecule has 0 aliphatic heterocycles. The molecule has 0 N–H and O–H groups in total. The maximum Gasteiger partial charge on any atom is 0.216 e. The molecule has 0 saturated carbocycles. The van der Waals surface area contributed by atoms with Crippen LogP contribution in [0.25, 0.3) is 53.4 Å². The Morgan fingerprint density at radius 2 is 1.60 bits per heavy atom. The van der Waals surface area contributed by atoms with E-state index < -0.39 is 0 Å². The summed E-state index contributed by atoms with van der Waals surface area (Å²) in [6.07, 6.45) is 2.20. The lowest BCUT2D eigenvalue weighted by molar-refractivity contribution is -0.660. The molecule has 0 saturated heterocycles. The van der Waals surface area contributed by atoms with E-state index in [0.717, 1.165) is 11.2 Å². The quantitative estimate of drug-likeness (QED) is 0.260. The van der Waals surface area contributed by atoms with Gasteiger partial charge in [-0.2, -0.15) is 0 Å². The molecular weight excluding hydrogens is 386 g/mol. The summed E-state index contributed by atoms with van der Waals surface area (Å²) in [5.41, 5.74) is 8.12. The number of thiophene rings is 1. The molecule has 3 aromatic heterocycles. The first-order chi connectivity index (χ1) is 14.5. The van der Waals surface area contributed by atoms with E-state index in [1.807, 2.05) is 11.3 Å². The van der Waals surface area contributed by atoms with E-state index in [4.69, 9.17) is 4.42 Å². The lowest BCUT2D eigenvalue weighted by Gasteiger charge is -2.08. The number of nitrogens with zero attached hydrogens (tertiary/aromatic N) is 1. The van der Waals surface area contributed by atoms with Gasteiger partial charge in [-0.05, 0) is 50.1 Å². The van der Waals surface area contributed by atoms with Crippen molar-refractivity contribution >= 4 is 53.4 Å². The zero-order valence-electron chi connectivity index (χ0n) is 17.5. The first kappa shape index (κ1) is 17.7. The van der Waals surface area contributed by atoms with Gasteiger partial charge in [0.05, 0.1) is 5.56 Å². The Hall–Kier alpha value is -3.17. The Bertz CT molecular complexity index is 1630. The molecule has 2 nitrogen and oxygen atoms in total. The Balaban J connectivity index is 1.80. The highest BCUT2D eigenvalue weighted by Gasteiger charge is 2.23. The van der Waals surface area contributed by atoms with Crippen LogP contribution in [0, 0.1) is 20.8 Å². The summed E-state index contributed by atoms with van der Waals surface area (Å²) in [6, 6.07) is 19.7. The molecule has 0 atom stereocenters. The Morgan fingerprint density at radius 1 is 0.767 bits per heavy atom. The maximum absolute atomic E-state index is 6.56. The van der Waals surface area contributed by atoms with Crippen molar-refractivity contribution in [3.63, 3.8) is 0 Å². The molecule has 0 unspecified atom stereocenters. The number of aryl methyl sites for hydroxylation is 4. The zero-order chi connectivity index (χ0) is 20.6. The summed E-state index contributed by atoms with van der Waals surface area (Å²) in [5.74, 6) is 0. The van der Waals surface area contributed by atoms with Crippen molar-refractivity contribution in [1.29, 1.82) is 0 Å². The van der Waals surface area contributed by atoms with Gasteiger partial charge in [0.15, 0.2) is 6.20 Å². The van der Waals surface area contributed by atoms with Crippen molar-refractivity contribution in [3.05, 3.63) is 77.5 Å². The minimum Gasteiger partial charge on any atom is -0.455 e. The molecule has 6 rings (SSSR count). The van der Waals surface area contributed by atoms with E-state index in [9.17, 15) is 0 Å². The predicted octanol–water partition coefficient (Wildman–Crippen LogP) is 7.37. The summed E-state index contributed by atoms with van der Waals surface area (Å²) in [5, 5.41) is 5.04. The summed E-state index contributed by atoms with van der Waals surface area (Å²) in [4.78, 5) is 0. The Kier molecular flexibility index (Phi) is 3.63. The molecule has 3 aromatic carbocycles. The number of hydrogen-bond donors (Lipinski definition) is 0. The molecule has 30 heavy (non-hydrogen) atoms. The van der Waals surface area contributed by atoms with Crippen LogP contribution in [0.5, 0.6) is 0 Å². The van der Waals surface area contributed by atoms with Gasteiger partial charge in [0.1, 0.15) is 18.2 Å². The minimum absolute atomic E-state index is 0.958. The SMILES string of the molecule is Cc1cc(-c2c(C)ccc3c2oc2ccc4sc5ccccc5c4c23)[n+](C)cc1C. The minimum atomic E-state index is 0.958. The average Bonchev–Trinajstić information content (AvgIpc) is 3.28. The third-order valence-corrected chi connectivity index (χ3v) is 7.49. The van der Waals surface area contributed by atoms with E-state index >= 15 is 0 Å². The maximum atomic E-state index is 6.56. The highest BCUT2D eigenvalue weighted by atomic mass is 32.1. The Labute approximate surface area is 179 Å². The fraction of sp³-hybridized carbons (Fsp3) is 0.148. The number of pyridine rings is 1. The molecule has 0 bridgehead atoms. The van der Waals surface area contributed by atoms with Crippen LogP contribution in [-0.2, 0) is 7.05 Å². The van der Waals surface area contributed by atoms with Crippen molar-refractivity contribution in [3.8, 4) is 11.3 Å². The third kappa shape index (κ3) is 2.33. The van der Waals surface area contributed by atoms with E-state index in [2.05, 4.69) is 93.2 Å². The van der Waals surface area contributed by atoms with Crippen LogP contribution in [-0.4, -0.2) is 0 Å². The molecule has 0 spiro atoms. The normalized spacial score (nSPS) is 12.0. The lowest BCUT2D eigenvalue weighted by Crippen LogP contribution is -2.31. The van der Waals surface area contributed by atoms with Crippen LogP contribution >= 0.6 is 11.3 Å². The Morgan fingerprint density at radius 3 is 2.47 bits per heavy atom. The van der Waals surface area contributed by atoms with Crippen molar-refractivity contribution < 1.29 is 8.98 Å². The van der Waals surface area contributed by atoms with Gasteiger partial charge >= 0.3 is 0 Å². The van der Waals surface area contributed by atoms with Crippen molar-refractivity contribution in [1.82, 2.24) is 0 Å². The largest absolute Gasteiger partial charge is 0.455 e. The second kappa shape index (κ2) is 6.16. The molecule has 0 aliphatic carbocycles. The zero-order valence-corrected chi connectivity index (χ0v) is 18.4. The van der Waals surface area contributed by atoms with E-state index in [1.54, 1.807) is 0 Å². The number of benzene rings is 3. The van der Waals surface area contributed by atoms with Crippen LogP contribution in [0.15, 0.2) is 65.2 Å². The molecule has 146 valence electrons. The van der Waals surface area contributed by atoms with Crippen LogP contribution < -0.4 is 4.57 Å². The second-order valence-corrected chi connectivity index (χ2v) is 9.37. The molecular formula is C27H22NOS+. The number of hydrogen-bond acceptors (Lipinski definition) is 2.